The van der Waals surface area contributed by atoms with E-state index in [0.717, 1.165) is 12.1 Å². The van der Waals surface area contributed by atoms with Crippen LogP contribution in [0.25, 0.3) is 0 Å². The van der Waals surface area contributed by atoms with Gasteiger partial charge in [0.2, 0.25) is 11.8 Å². The van der Waals surface area contributed by atoms with Gasteiger partial charge < -0.3 is 10.2 Å². The zero-order valence-electron chi connectivity index (χ0n) is 12.7. The Morgan fingerprint density at radius 1 is 1.18 bits per heavy atom. The number of carbonyl (C=O) groups excluding carboxylic acids is 2. The topological polar surface area (TPSA) is 49.4 Å². The second kappa shape index (κ2) is 7.29. The average Bonchev–Trinajstić information content (AvgIpc) is 2.36. The molecule has 7 heteroatoms. The monoisotopic (exact) mass is 316 g/mol. The van der Waals surface area contributed by atoms with Gasteiger partial charge in [0, 0.05) is 19.2 Å². The van der Waals surface area contributed by atoms with Crippen molar-refractivity contribution in [1.82, 2.24) is 4.90 Å². The minimum atomic E-state index is -4.41. The Kier molecular flexibility index (Phi) is 5.96. The molecule has 1 rings (SSSR count). The number of benzene rings is 1. The van der Waals surface area contributed by atoms with Crippen LogP contribution in [0, 0.1) is 5.92 Å². The maximum Gasteiger partial charge on any atom is 0.416 e. The SMILES string of the molecule is CC(=O)N(CC(=O)Nc1ccc(C(F)(F)F)cc1)CC(C)C. The second-order valence-corrected chi connectivity index (χ2v) is 5.42. The molecular weight excluding hydrogens is 297 g/mol. The lowest BCUT2D eigenvalue weighted by Crippen LogP contribution is -2.38. The first-order valence-corrected chi connectivity index (χ1v) is 6.82. The predicted octanol–water partition coefficient (Wildman–Crippen LogP) is 3.15. The maximum absolute atomic E-state index is 12.4. The van der Waals surface area contributed by atoms with Crippen molar-refractivity contribution >= 4 is 17.5 Å². The average molecular weight is 316 g/mol. The molecule has 0 unspecified atom stereocenters. The highest BCUT2D eigenvalue weighted by Crippen LogP contribution is 2.29. The molecule has 0 heterocycles. The summed E-state index contributed by atoms with van der Waals surface area (Å²) < 4.78 is 37.3. The van der Waals surface area contributed by atoms with Gasteiger partial charge in [-0.05, 0) is 30.2 Å². The number of nitrogens with one attached hydrogen (secondary N) is 1. The lowest BCUT2D eigenvalue weighted by Gasteiger charge is -2.22. The summed E-state index contributed by atoms with van der Waals surface area (Å²) in [5.74, 6) is -0.463. The highest BCUT2D eigenvalue weighted by atomic mass is 19.4. The molecule has 0 spiro atoms. The van der Waals surface area contributed by atoms with E-state index in [1.54, 1.807) is 0 Å². The number of nitrogens with zero attached hydrogens (tertiary/aromatic N) is 1. The molecule has 0 radical (unpaired) electrons. The van der Waals surface area contributed by atoms with Crippen molar-refractivity contribution in [3.05, 3.63) is 29.8 Å². The molecule has 0 bridgehead atoms. The Labute approximate surface area is 127 Å². The Hall–Kier alpha value is -2.05. The van der Waals surface area contributed by atoms with E-state index in [-0.39, 0.29) is 24.1 Å². The van der Waals surface area contributed by atoms with Crippen molar-refractivity contribution in [2.75, 3.05) is 18.4 Å². The summed E-state index contributed by atoms with van der Waals surface area (Å²) in [7, 11) is 0. The van der Waals surface area contributed by atoms with Gasteiger partial charge in [-0.2, -0.15) is 13.2 Å². The first-order chi connectivity index (χ1) is 10.1. The van der Waals surface area contributed by atoms with Gasteiger partial charge in [0.1, 0.15) is 0 Å². The van der Waals surface area contributed by atoms with Crippen LogP contribution in [0.1, 0.15) is 26.3 Å². The maximum atomic E-state index is 12.4. The molecule has 1 N–H and O–H groups in total. The molecule has 0 aliphatic rings. The minimum absolute atomic E-state index is 0.130. The third-order valence-corrected chi connectivity index (χ3v) is 2.86. The molecule has 122 valence electrons. The largest absolute Gasteiger partial charge is 0.416 e. The molecule has 0 fully saturated rings. The van der Waals surface area contributed by atoms with Crippen LogP contribution in [0.4, 0.5) is 18.9 Å². The normalized spacial score (nSPS) is 11.4. The molecule has 1 aromatic rings. The molecule has 1 aromatic carbocycles. The van der Waals surface area contributed by atoms with Crippen LogP contribution < -0.4 is 5.32 Å². The summed E-state index contributed by atoms with van der Waals surface area (Å²) in [5, 5.41) is 2.48. The van der Waals surface area contributed by atoms with Crippen molar-refractivity contribution in [3.8, 4) is 0 Å². The van der Waals surface area contributed by atoms with Gasteiger partial charge >= 0.3 is 6.18 Å². The highest BCUT2D eigenvalue weighted by molar-refractivity contribution is 5.94. The van der Waals surface area contributed by atoms with Crippen molar-refractivity contribution in [2.45, 2.75) is 26.9 Å². The fourth-order valence-corrected chi connectivity index (χ4v) is 1.86. The predicted molar refractivity (Wildman–Crippen MR) is 77.2 cm³/mol. The lowest BCUT2D eigenvalue weighted by molar-refractivity contribution is -0.137. The van der Waals surface area contributed by atoms with Crippen LogP contribution >= 0.6 is 0 Å². The first kappa shape index (κ1) is 18.0. The summed E-state index contributed by atoms with van der Waals surface area (Å²) in [4.78, 5) is 24.7. The summed E-state index contributed by atoms with van der Waals surface area (Å²) in [6.45, 7) is 5.52. The number of hydrogen-bond acceptors (Lipinski definition) is 2. The number of anilines is 1. The molecule has 0 aliphatic carbocycles. The van der Waals surface area contributed by atoms with Crippen LogP contribution in [0.2, 0.25) is 0 Å². The molecule has 0 aromatic heterocycles. The zero-order chi connectivity index (χ0) is 16.9. The number of alkyl halides is 3. The summed E-state index contributed by atoms with van der Waals surface area (Å²) in [6.07, 6.45) is -4.41. The Morgan fingerprint density at radius 2 is 1.73 bits per heavy atom. The smallest absolute Gasteiger partial charge is 0.333 e. The van der Waals surface area contributed by atoms with Crippen molar-refractivity contribution in [3.63, 3.8) is 0 Å². The van der Waals surface area contributed by atoms with Crippen molar-refractivity contribution < 1.29 is 22.8 Å². The van der Waals surface area contributed by atoms with Crippen LogP contribution in [0.15, 0.2) is 24.3 Å². The van der Waals surface area contributed by atoms with E-state index < -0.39 is 17.6 Å². The fourth-order valence-electron chi connectivity index (χ4n) is 1.86. The minimum Gasteiger partial charge on any atom is -0.333 e. The number of carbonyl (C=O) groups is 2. The van der Waals surface area contributed by atoms with Crippen LogP contribution in [0.5, 0.6) is 0 Å². The Bertz CT molecular complexity index is 525. The van der Waals surface area contributed by atoms with E-state index in [4.69, 9.17) is 0 Å². The molecule has 4 nitrogen and oxygen atoms in total. The van der Waals surface area contributed by atoms with E-state index >= 15 is 0 Å². The number of amides is 2. The molecule has 0 aliphatic heterocycles. The van der Waals surface area contributed by atoms with Gasteiger partial charge in [-0.1, -0.05) is 13.8 Å². The van der Waals surface area contributed by atoms with E-state index in [9.17, 15) is 22.8 Å². The van der Waals surface area contributed by atoms with Gasteiger partial charge in [-0.15, -0.1) is 0 Å². The number of rotatable bonds is 5. The number of hydrogen-bond donors (Lipinski definition) is 1. The van der Waals surface area contributed by atoms with E-state index in [0.29, 0.717) is 6.54 Å². The Morgan fingerprint density at radius 3 is 2.14 bits per heavy atom. The lowest BCUT2D eigenvalue weighted by atomic mass is 10.2. The molecular formula is C15H19F3N2O2. The first-order valence-electron chi connectivity index (χ1n) is 6.82. The summed E-state index contributed by atoms with van der Waals surface area (Å²) in [5.41, 5.74) is -0.526. The van der Waals surface area contributed by atoms with E-state index in [2.05, 4.69) is 5.32 Å². The standard InChI is InChI=1S/C15H19F3N2O2/c1-10(2)8-20(11(3)21)9-14(22)19-13-6-4-12(5-7-13)15(16,17)18/h4-7,10H,8-9H2,1-3H3,(H,19,22). The van der Waals surface area contributed by atoms with Crippen molar-refractivity contribution in [1.29, 1.82) is 0 Å². The third-order valence-electron chi connectivity index (χ3n) is 2.86. The second-order valence-electron chi connectivity index (χ2n) is 5.42. The molecule has 22 heavy (non-hydrogen) atoms. The van der Waals surface area contributed by atoms with E-state index in [1.165, 1.54) is 24.0 Å². The third kappa shape index (κ3) is 5.75. The van der Waals surface area contributed by atoms with Gasteiger partial charge in [0.05, 0.1) is 12.1 Å². The van der Waals surface area contributed by atoms with Gasteiger partial charge in [-0.25, -0.2) is 0 Å². The van der Waals surface area contributed by atoms with Gasteiger partial charge in [0.25, 0.3) is 0 Å². The van der Waals surface area contributed by atoms with Gasteiger partial charge in [-0.3, -0.25) is 9.59 Å². The molecule has 0 atom stereocenters. The highest BCUT2D eigenvalue weighted by Gasteiger charge is 2.30. The van der Waals surface area contributed by atoms with Crippen LogP contribution in [0.3, 0.4) is 0 Å². The summed E-state index contributed by atoms with van der Waals surface area (Å²) >= 11 is 0. The van der Waals surface area contributed by atoms with E-state index in [1.807, 2.05) is 13.8 Å². The quantitative estimate of drug-likeness (QED) is 0.907. The van der Waals surface area contributed by atoms with Crippen LogP contribution in [-0.4, -0.2) is 29.8 Å². The summed E-state index contributed by atoms with van der Waals surface area (Å²) in [6, 6.07) is 4.15. The van der Waals surface area contributed by atoms with Crippen LogP contribution in [-0.2, 0) is 15.8 Å². The van der Waals surface area contributed by atoms with Gasteiger partial charge in [0.15, 0.2) is 0 Å². The Balaban J connectivity index is 2.66. The zero-order valence-corrected chi connectivity index (χ0v) is 12.7. The molecule has 0 saturated heterocycles. The molecule has 0 saturated carbocycles. The van der Waals surface area contributed by atoms with Crippen molar-refractivity contribution in [2.24, 2.45) is 5.92 Å². The fraction of sp³-hybridized carbons (Fsp3) is 0.467. The number of halogens is 3. The molecule has 2 amide bonds.